The van der Waals surface area contributed by atoms with Gasteiger partial charge in [-0.05, 0) is 51.2 Å². The molecule has 3 atom stereocenters. The van der Waals surface area contributed by atoms with Gasteiger partial charge in [-0.2, -0.15) is 0 Å². The van der Waals surface area contributed by atoms with Gasteiger partial charge in [-0.15, -0.1) is 0 Å². The standard InChI is InChI=1S/C19H30N2O2/c1-4-14(3)23-18-10-13(2)8-9-16(18)12-21-19(22)15-6-5-7-17(20)11-15/h8-10,14-15,17H,4-7,11-12,20H2,1-3H3,(H,21,22). The Labute approximate surface area is 139 Å². The van der Waals surface area contributed by atoms with E-state index in [4.69, 9.17) is 10.5 Å². The fourth-order valence-corrected chi connectivity index (χ4v) is 3.01. The molecule has 4 nitrogen and oxygen atoms in total. The number of benzene rings is 1. The molecular weight excluding hydrogens is 288 g/mol. The smallest absolute Gasteiger partial charge is 0.223 e. The molecule has 1 aromatic rings. The topological polar surface area (TPSA) is 64.3 Å². The number of carbonyl (C=O) groups excluding carboxylic acids is 1. The first-order chi connectivity index (χ1) is 11.0. The number of amides is 1. The predicted molar refractivity (Wildman–Crippen MR) is 93.3 cm³/mol. The van der Waals surface area contributed by atoms with Crippen LogP contribution in [0.15, 0.2) is 18.2 Å². The second-order valence-corrected chi connectivity index (χ2v) is 6.79. The molecule has 0 saturated heterocycles. The zero-order chi connectivity index (χ0) is 16.8. The van der Waals surface area contributed by atoms with Crippen LogP contribution in [0, 0.1) is 12.8 Å². The van der Waals surface area contributed by atoms with Crippen molar-refractivity contribution in [1.82, 2.24) is 5.32 Å². The number of hydrogen-bond donors (Lipinski definition) is 2. The van der Waals surface area contributed by atoms with Gasteiger partial charge >= 0.3 is 0 Å². The van der Waals surface area contributed by atoms with E-state index in [1.54, 1.807) is 0 Å². The minimum Gasteiger partial charge on any atom is -0.490 e. The second kappa shape index (κ2) is 8.34. The van der Waals surface area contributed by atoms with Crippen LogP contribution in [0.4, 0.5) is 0 Å². The molecule has 3 N–H and O–H groups in total. The van der Waals surface area contributed by atoms with Crippen molar-refractivity contribution in [2.45, 2.75) is 71.6 Å². The van der Waals surface area contributed by atoms with E-state index in [-0.39, 0.29) is 24.0 Å². The van der Waals surface area contributed by atoms with Gasteiger partial charge in [0.05, 0.1) is 6.10 Å². The molecule has 1 amide bonds. The zero-order valence-corrected chi connectivity index (χ0v) is 14.6. The molecule has 23 heavy (non-hydrogen) atoms. The second-order valence-electron chi connectivity index (χ2n) is 6.79. The van der Waals surface area contributed by atoms with Crippen LogP contribution in [0.1, 0.15) is 57.1 Å². The minimum atomic E-state index is 0.0585. The van der Waals surface area contributed by atoms with E-state index in [9.17, 15) is 4.79 Å². The summed E-state index contributed by atoms with van der Waals surface area (Å²) in [6, 6.07) is 6.31. The Bertz CT molecular complexity index is 530. The average molecular weight is 318 g/mol. The van der Waals surface area contributed by atoms with Gasteiger partial charge in [0.1, 0.15) is 5.75 Å². The fraction of sp³-hybridized carbons (Fsp3) is 0.632. The van der Waals surface area contributed by atoms with Crippen LogP contribution in [0.3, 0.4) is 0 Å². The summed E-state index contributed by atoms with van der Waals surface area (Å²) in [5, 5.41) is 3.07. The number of rotatable bonds is 6. The molecule has 1 aliphatic rings. The molecule has 128 valence electrons. The number of ether oxygens (including phenoxy) is 1. The van der Waals surface area contributed by atoms with Crippen molar-refractivity contribution in [2.24, 2.45) is 11.7 Å². The number of nitrogens with two attached hydrogens (primary N) is 1. The molecule has 3 unspecified atom stereocenters. The fourth-order valence-electron chi connectivity index (χ4n) is 3.01. The summed E-state index contributed by atoms with van der Waals surface area (Å²) in [5.41, 5.74) is 8.18. The lowest BCUT2D eigenvalue weighted by atomic mass is 9.85. The van der Waals surface area contributed by atoms with Crippen molar-refractivity contribution < 1.29 is 9.53 Å². The average Bonchev–Trinajstić information content (AvgIpc) is 2.53. The van der Waals surface area contributed by atoms with Gasteiger partial charge in [0, 0.05) is 24.1 Å². The molecule has 1 aliphatic carbocycles. The lowest BCUT2D eigenvalue weighted by molar-refractivity contribution is -0.126. The van der Waals surface area contributed by atoms with E-state index in [1.807, 2.05) is 12.1 Å². The highest BCUT2D eigenvalue weighted by Crippen LogP contribution is 2.25. The Morgan fingerprint density at radius 2 is 2.22 bits per heavy atom. The monoisotopic (exact) mass is 318 g/mol. The third kappa shape index (κ3) is 5.24. The van der Waals surface area contributed by atoms with Gasteiger partial charge in [-0.1, -0.05) is 25.5 Å². The minimum absolute atomic E-state index is 0.0585. The van der Waals surface area contributed by atoms with E-state index in [0.29, 0.717) is 6.54 Å². The van der Waals surface area contributed by atoms with Gasteiger partial charge in [-0.3, -0.25) is 4.79 Å². The molecule has 1 fully saturated rings. The third-order valence-corrected chi connectivity index (χ3v) is 4.66. The van der Waals surface area contributed by atoms with Crippen molar-refractivity contribution in [3.8, 4) is 5.75 Å². The van der Waals surface area contributed by atoms with Crippen LogP contribution in [0.5, 0.6) is 5.75 Å². The van der Waals surface area contributed by atoms with Crippen LogP contribution in [0.25, 0.3) is 0 Å². The van der Waals surface area contributed by atoms with Crippen LogP contribution in [-0.4, -0.2) is 18.1 Å². The van der Waals surface area contributed by atoms with Crippen LogP contribution in [0.2, 0.25) is 0 Å². The normalized spacial score (nSPS) is 22.4. The Balaban J connectivity index is 1.97. The van der Waals surface area contributed by atoms with Gasteiger partial charge in [-0.25, -0.2) is 0 Å². The van der Waals surface area contributed by atoms with E-state index < -0.39 is 0 Å². The molecule has 2 rings (SSSR count). The SMILES string of the molecule is CCC(C)Oc1cc(C)ccc1CNC(=O)C1CCCC(N)C1. The lowest BCUT2D eigenvalue weighted by Crippen LogP contribution is -2.37. The van der Waals surface area contributed by atoms with E-state index in [0.717, 1.165) is 49.0 Å². The number of aryl methyl sites for hydroxylation is 1. The van der Waals surface area contributed by atoms with E-state index >= 15 is 0 Å². The van der Waals surface area contributed by atoms with Crippen molar-refractivity contribution >= 4 is 5.91 Å². The van der Waals surface area contributed by atoms with E-state index in [2.05, 4.69) is 32.2 Å². The molecule has 0 aliphatic heterocycles. The highest BCUT2D eigenvalue weighted by molar-refractivity contribution is 5.78. The lowest BCUT2D eigenvalue weighted by Gasteiger charge is -2.26. The summed E-state index contributed by atoms with van der Waals surface area (Å²) < 4.78 is 6.00. The summed E-state index contributed by atoms with van der Waals surface area (Å²) in [6.07, 6.45) is 4.96. The Hall–Kier alpha value is -1.55. The summed E-state index contributed by atoms with van der Waals surface area (Å²) >= 11 is 0. The van der Waals surface area contributed by atoms with Gasteiger partial charge in [0.2, 0.25) is 5.91 Å². The van der Waals surface area contributed by atoms with Gasteiger partial charge < -0.3 is 15.8 Å². The first-order valence-corrected chi connectivity index (χ1v) is 8.79. The number of nitrogens with one attached hydrogen (secondary N) is 1. The summed E-state index contributed by atoms with van der Waals surface area (Å²) in [5.74, 6) is 1.05. The van der Waals surface area contributed by atoms with Gasteiger partial charge in [0.25, 0.3) is 0 Å². The van der Waals surface area contributed by atoms with Crippen molar-refractivity contribution in [3.05, 3.63) is 29.3 Å². The first-order valence-electron chi connectivity index (χ1n) is 8.79. The predicted octanol–water partition coefficient (Wildman–Crippen LogP) is 3.31. The Morgan fingerprint density at radius 1 is 1.43 bits per heavy atom. The van der Waals surface area contributed by atoms with Gasteiger partial charge in [0.15, 0.2) is 0 Å². The quantitative estimate of drug-likeness (QED) is 0.846. The molecule has 0 radical (unpaired) electrons. The summed E-state index contributed by atoms with van der Waals surface area (Å²) in [6.45, 7) is 6.73. The van der Waals surface area contributed by atoms with E-state index in [1.165, 1.54) is 0 Å². The molecule has 1 saturated carbocycles. The maximum absolute atomic E-state index is 12.4. The molecule has 4 heteroatoms. The number of carbonyl (C=O) groups is 1. The Morgan fingerprint density at radius 3 is 2.91 bits per heavy atom. The molecule has 0 spiro atoms. The first kappa shape index (κ1) is 17.8. The Kier molecular flexibility index (Phi) is 6.46. The zero-order valence-electron chi connectivity index (χ0n) is 14.6. The molecular formula is C19H30N2O2. The largest absolute Gasteiger partial charge is 0.490 e. The molecule has 0 bridgehead atoms. The van der Waals surface area contributed by atoms with Crippen LogP contribution >= 0.6 is 0 Å². The molecule has 0 aromatic heterocycles. The third-order valence-electron chi connectivity index (χ3n) is 4.66. The van der Waals surface area contributed by atoms with Crippen molar-refractivity contribution in [1.29, 1.82) is 0 Å². The van der Waals surface area contributed by atoms with Crippen LogP contribution in [-0.2, 0) is 11.3 Å². The summed E-state index contributed by atoms with van der Waals surface area (Å²) in [7, 11) is 0. The summed E-state index contributed by atoms with van der Waals surface area (Å²) in [4.78, 5) is 12.4. The number of hydrogen-bond acceptors (Lipinski definition) is 3. The van der Waals surface area contributed by atoms with Crippen molar-refractivity contribution in [2.75, 3.05) is 0 Å². The highest BCUT2D eigenvalue weighted by atomic mass is 16.5. The maximum Gasteiger partial charge on any atom is 0.223 e. The molecule has 0 heterocycles. The highest BCUT2D eigenvalue weighted by Gasteiger charge is 2.25. The maximum atomic E-state index is 12.4. The van der Waals surface area contributed by atoms with Crippen LogP contribution < -0.4 is 15.8 Å². The molecule has 1 aromatic carbocycles. The van der Waals surface area contributed by atoms with Crippen molar-refractivity contribution in [3.63, 3.8) is 0 Å².